The standard InChI is InChI=1S/C34H53NO/c1-3-5-7-9-11-16-29-21-26-34(35-28-29)32-22-24-33(25-23-32)36-27-15-20-31-19-14-13-18-30(31)17-12-10-8-6-4-2/h21-26,28,30-31H,3-20,27H2,1-2H3. The average molecular weight is 492 g/mol. The van der Waals surface area contributed by atoms with Gasteiger partial charge in [0.15, 0.2) is 0 Å². The van der Waals surface area contributed by atoms with E-state index in [0.717, 1.165) is 36.3 Å². The highest BCUT2D eigenvalue weighted by Gasteiger charge is 2.24. The van der Waals surface area contributed by atoms with Gasteiger partial charge in [-0.3, -0.25) is 4.98 Å². The fraction of sp³-hybridized carbons (Fsp3) is 0.676. The fourth-order valence-electron chi connectivity index (χ4n) is 5.99. The van der Waals surface area contributed by atoms with Crippen LogP contribution in [0.3, 0.4) is 0 Å². The number of ether oxygens (including phenoxy) is 1. The van der Waals surface area contributed by atoms with Crippen molar-refractivity contribution < 1.29 is 4.74 Å². The van der Waals surface area contributed by atoms with Crippen LogP contribution in [0.15, 0.2) is 42.6 Å². The molecule has 0 radical (unpaired) electrons. The van der Waals surface area contributed by atoms with Crippen molar-refractivity contribution in [3.8, 4) is 17.0 Å². The van der Waals surface area contributed by atoms with Gasteiger partial charge >= 0.3 is 0 Å². The van der Waals surface area contributed by atoms with Crippen LogP contribution in [0.25, 0.3) is 11.3 Å². The van der Waals surface area contributed by atoms with E-state index in [4.69, 9.17) is 9.72 Å². The van der Waals surface area contributed by atoms with Crippen molar-refractivity contribution >= 4 is 0 Å². The summed E-state index contributed by atoms with van der Waals surface area (Å²) in [6.45, 7) is 5.41. The highest BCUT2D eigenvalue weighted by molar-refractivity contribution is 5.60. The average Bonchev–Trinajstić information content (AvgIpc) is 2.92. The summed E-state index contributed by atoms with van der Waals surface area (Å²) in [6, 6.07) is 12.9. The van der Waals surface area contributed by atoms with E-state index in [0.29, 0.717) is 0 Å². The normalized spacial score (nSPS) is 17.8. The number of nitrogens with zero attached hydrogens (tertiary/aromatic N) is 1. The molecule has 0 aliphatic heterocycles. The molecule has 2 heteroatoms. The topological polar surface area (TPSA) is 22.1 Å². The molecule has 0 bridgehead atoms. The van der Waals surface area contributed by atoms with Crippen LogP contribution in [0, 0.1) is 11.8 Å². The highest BCUT2D eigenvalue weighted by atomic mass is 16.5. The minimum absolute atomic E-state index is 0.838. The van der Waals surface area contributed by atoms with Crippen molar-refractivity contribution in [2.45, 2.75) is 129 Å². The summed E-state index contributed by atoms with van der Waals surface area (Å²) in [6.07, 6.45) is 26.7. The number of benzene rings is 1. The molecular weight excluding hydrogens is 438 g/mol. The van der Waals surface area contributed by atoms with Crippen molar-refractivity contribution in [3.63, 3.8) is 0 Å². The van der Waals surface area contributed by atoms with Crippen LogP contribution in [-0.2, 0) is 6.42 Å². The van der Waals surface area contributed by atoms with Crippen LogP contribution < -0.4 is 4.74 Å². The van der Waals surface area contributed by atoms with Crippen molar-refractivity contribution in [2.75, 3.05) is 6.61 Å². The van der Waals surface area contributed by atoms with Gasteiger partial charge in [0.05, 0.1) is 12.3 Å². The maximum Gasteiger partial charge on any atom is 0.119 e. The molecule has 3 rings (SSSR count). The van der Waals surface area contributed by atoms with Gasteiger partial charge in [-0.2, -0.15) is 0 Å². The molecule has 0 amide bonds. The first kappa shape index (κ1) is 28.7. The number of rotatable bonds is 18. The summed E-state index contributed by atoms with van der Waals surface area (Å²) in [7, 11) is 0. The van der Waals surface area contributed by atoms with Crippen molar-refractivity contribution in [2.24, 2.45) is 11.8 Å². The summed E-state index contributed by atoms with van der Waals surface area (Å²) in [5.41, 5.74) is 3.57. The molecule has 0 N–H and O–H groups in total. The number of hydrogen-bond acceptors (Lipinski definition) is 2. The molecule has 1 aliphatic carbocycles. The fourth-order valence-corrected chi connectivity index (χ4v) is 5.99. The lowest BCUT2D eigenvalue weighted by Gasteiger charge is -2.31. The minimum atomic E-state index is 0.838. The van der Waals surface area contributed by atoms with Gasteiger partial charge in [-0.25, -0.2) is 0 Å². The van der Waals surface area contributed by atoms with E-state index in [2.05, 4.69) is 56.4 Å². The molecule has 1 fully saturated rings. The second-order valence-corrected chi connectivity index (χ2v) is 11.2. The maximum absolute atomic E-state index is 6.12. The van der Waals surface area contributed by atoms with Crippen LogP contribution in [0.2, 0.25) is 0 Å². The van der Waals surface area contributed by atoms with Crippen LogP contribution >= 0.6 is 0 Å². The zero-order chi connectivity index (χ0) is 25.3. The number of pyridine rings is 1. The van der Waals surface area contributed by atoms with Crippen LogP contribution in [0.5, 0.6) is 5.75 Å². The Balaban J connectivity index is 1.35. The molecule has 2 nitrogen and oxygen atoms in total. The molecule has 2 aromatic rings. The summed E-state index contributed by atoms with van der Waals surface area (Å²) in [5.74, 6) is 2.89. The van der Waals surface area contributed by atoms with E-state index in [9.17, 15) is 0 Å². The summed E-state index contributed by atoms with van der Waals surface area (Å²) in [4.78, 5) is 4.72. The molecule has 200 valence electrons. The van der Waals surface area contributed by atoms with Crippen LogP contribution in [0.1, 0.15) is 129 Å². The molecule has 2 unspecified atom stereocenters. The second kappa shape index (κ2) is 17.6. The van der Waals surface area contributed by atoms with E-state index in [1.807, 2.05) is 0 Å². The predicted molar refractivity (Wildman–Crippen MR) is 156 cm³/mol. The summed E-state index contributed by atoms with van der Waals surface area (Å²) >= 11 is 0. The lowest BCUT2D eigenvalue weighted by molar-refractivity contribution is 0.190. The van der Waals surface area contributed by atoms with E-state index in [1.165, 1.54) is 120 Å². The molecule has 1 heterocycles. The molecule has 36 heavy (non-hydrogen) atoms. The lowest BCUT2D eigenvalue weighted by atomic mass is 9.74. The Kier molecular flexibility index (Phi) is 14.0. The Labute approximate surface area is 222 Å². The van der Waals surface area contributed by atoms with E-state index in [-0.39, 0.29) is 0 Å². The van der Waals surface area contributed by atoms with Crippen molar-refractivity contribution in [1.82, 2.24) is 4.98 Å². The number of hydrogen-bond donors (Lipinski definition) is 0. The molecule has 2 atom stereocenters. The van der Waals surface area contributed by atoms with Gasteiger partial charge in [-0.05, 0) is 73.4 Å². The Bertz CT molecular complexity index is 797. The first-order chi connectivity index (χ1) is 17.8. The zero-order valence-electron chi connectivity index (χ0n) is 23.5. The van der Waals surface area contributed by atoms with Gasteiger partial charge in [0, 0.05) is 11.8 Å². The molecule has 1 aliphatic rings. The Morgan fingerprint density at radius 3 is 1.97 bits per heavy atom. The number of unbranched alkanes of at least 4 members (excludes halogenated alkanes) is 8. The van der Waals surface area contributed by atoms with Gasteiger partial charge in [0.2, 0.25) is 0 Å². The Morgan fingerprint density at radius 1 is 0.694 bits per heavy atom. The maximum atomic E-state index is 6.12. The van der Waals surface area contributed by atoms with Gasteiger partial charge < -0.3 is 4.74 Å². The van der Waals surface area contributed by atoms with Crippen LogP contribution in [0.4, 0.5) is 0 Å². The third kappa shape index (κ3) is 10.7. The Hall–Kier alpha value is -1.83. The van der Waals surface area contributed by atoms with Gasteiger partial charge in [0.1, 0.15) is 5.75 Å². The summed E-state index contributed by atoms with van der Waals surface area (Å²) in [5, 5.41) is 0. The molecule has 1 saturated carbocycles. The number of aromatic nitrogens is 1. The first-order valence-electron chi connectivity index (χ1n) is 15.5. The lowest BCUT2D eigenvalue weighted by Crippen LogP contribution is -2.20. The zero-order valence-corrected chi connectivity index (χ0v) is 23.5. The SMILES string of the molecule is CCCCCCCc1ccc(-c2ccc(OCCCC3CCCCC3CCCCCCC)cc2)nc1. The summed E-state index contributed by atoms with van der Waals surface area (Å²) < 4.78 is 6.12. The quantitative estimate of drug-likeness (QED) is 0.193. The molecule has 1 aromatic heterocycles. The molecule has 1 aromatic carbocycles. The number of aryl methyl sites for hydroxylation is 1. The predicted octanol–water partition coefficient (Wildman–Crippen LogP) is 10.6. The van der Waals surface area contributed by atoms with Crippen molar-refractivity contribution in [1.29, 1.82) is 0 Å². The minimum Gasteiger partial charge on any atom is -0.494 e. The largest absolute Gasteiger partial charge is 0.494 e. The monoisotopic (exact) mass is 491 g/mol. The van der Waals surface area contributed by atoms with E-state index in [1.54, 1.807) is 0 Å². The third-order valence-corrected chi connectivity index (χ3v) is 8.28. The van der Waals surface area contributed by atoms with E-state index >= 15 is 0 Å². The molecule has 0 spiro atoms. The third-order valence-electron chi connectivity index (χ3n) is 8.28. The van der Waals surface area contributed by atoms with Crippen LogP contribution in [-0.4, -0.2) is 11.6 Å². The van der Waals surface area contributed by atoms with Crippen molar-refractivity contribution in [3.05, 3.63) is 48.2 Å². The Morgan fingerprint density at radius 2 is 1.33 bits per heavy atom. The molecule has 0 saturated heterocycles. The van der Waals surface area contributed by atoms with Gasteiger partial charge in [-0.1, -0.05) is 110 Å². The smallest absolute Gasteiger partial charge is 0.119 e. The van der Waals surface area contributed by atoms with E-state index < -0.39 is 0 Å². The first-order valence-corrected chi connectivity index (χ1v) is 15.5. The van der Waals surface area contributed by atoms with Gasteiger partial charge in [-0.15, -0.1) is 0 Å². The highest BCUT2D eigenvalue weighted by Crippen LogP contribution is 2.36. The van der Waals surface area contributed by atoms with Gasteiger partial charge in [0.25, 0.3) is 0 Å². The molecular formula is C34H53NO. The second-order valence-electron chi connectivity index (χ2n) is 11.2.